The molecule has 0 bridgehead atoms. The van der Waals surface area contributed by atoms with Crippen LogP contribution in [0.1, 0.15) is 40.9 Å². The first-order valence-electron chi connectivity index (χ1n) is 10.1. The van der Waals surface area contributed by atoms with Gasteiger partial charge in [0.2, 0.25) is 5.43 Å². The summed E-state index contributed by atoms with van der Waals surface area (Å²) in [6, 6.07) is 3.42. The van der Waals surface area contributed by atoms with Crippen LogP contribution in [0, 0.1) is 18.6 Å². The third-order valence-corrected chi connectivity index (χ3v) is 6.01. The van der Waals surface area contributed by atoms with Gasteiger partial charge in [-0.1, -0.05) is 0 Å². The van der Waals surface area contributed by atoms with Crippen LogP contribution in [0.3, 0.4) is 0 Å². The van der Waals surface area contributed by atoms with Crippen molar-refractivity contribution in [1.82, 2.24) is 4.90 Å². The number of hydrogen-bond acceptors (Lipinski definition) is 7. The van der Waals surface area contributed by atoms with E-state index in [1.54, 1.807) is 0 Å². The zero-order chi connectivity index (χ0) is 23.3. The average Bonchev–Trinajstić information content (AvgIpc) is 2.68. The van der Waals surface area contributed by atoms with Gasteiger partial charge < -0.3 is 29.7 Å². The number of halogens is 2. The molecule has 0 amide bonds. The normalized spacial score (nSPS) is 20.6. The Kier molecular flexibility index (Phi) is 5.66. The summed E-state index contributed by atoms with van der Waals surface area (Å²) in [6.45, 7) is 2.37. The Hall–Kier alpha value is -3.01. The van der Waals surface area contributed by atoms with E-state index in [9.17, 15) is 34.0 Å². The van der Waals surface area contributed by atoms with Crippen LogP contribution in [0.2, 0.25) is 0 Å². The van der Waals surface area contributed by atoms with Crippen molar-refractivity contribution in [2.24, 2.45) is 0 Å². The first-order valence-corrected chi connectivity index (χ1v) is 10.1. The number of piperidine rings is 1. The minimum atomic E-state index is -1.72. The van der Waals surface area contributed by atoms with Crippen LogP contribution in [-0.2, 0) is 0 Å². The van der Waals surface area contributed by atoms with Gasteiger partial charge in [0.1, 0.15) is 46.0 Å². The first kappa shape index (κ1) is 22.2. The number of rotatable bonds is 3. The van der Waals surface area contributed by atoms with Crippen LogP contribution in [-0.4, -0.2) is 51.6 Å². The number of β-amino-alcohol motifs (C(OH)–C–C–N with tert-alkyl or cyclic N) is 1. The molecule has 1 saturated heterocycles. The van der Waals surface area contributed by atoms with Gasteiger partial charge in [0.25, 0.3) is 0 Å². The molecular formula is C23H23F2NO6. The molecule has 1 fully saturated rings. The molecule has 7 nitrogen and oxygen atoms in total. The summed E-state index contributed by atoms with van der Waals surface area (Å²) in [4.78, 5) is 15.2. The lowest BCUT2D eigenvalue weighted by Gasteiger charge is -2.34. The van der Waals surface area contributed by atoms with Gasteiger partial charge in [0, 0.05) is 30.2 Å². The standard InChI is InChI=1S/C23H23F2NO6/c1-10-18(21(30)11-5-12(24)7-13(25)6-11)22(31)20-16(28)8-15(27)19(23(20)32-10)14-3-4-26(2)9-17(14)29/h5-8,14,17,21,27-30H,3-4,9H2,1-2H3. The summed E-state index contributed by atoms with van der Waals surface area (Å²) in [6.07, 6.45) is -2.09. The maximum atomic E-state index is 13.6. The predicted octanol–water partition coefficient (Wildman–Crippen LogP) is 2.65. The Morgan fingerprint density at radius 1 is 1.12 bits per heavy atom. The molecule has 1 aliphatic heterocycles. The summed E-state index contributed by atoms with van der Waals surface area (Å²) in [5.41, 5.74) is -1.20. The number of likely N-dealkylation sites (N-methyl/N-ethyl adjacent to an activating group) is 1. The maximum Gasteiger partial charge on any atom is 0.202 e. The number of likely N-dealkylation sites (tertiary alicyclic amines) is 1. The number of nitrogens with zero attached hydrogens (tertiary/aromatic N) is 1. The molecule has 0 saturated carbocycles. The fraction of sp³-hybridized carbons (Fsp3) is 0.348. The highest BCUT2D eigenvalue weighted by Gasteiger charge is 2.34. The topological polar surface area (TPSA) is 114 Å². The highest BCUT2D eigenvalue weighted by molar-refractivity contribution is 5.89. The van der Waals surface area contributed by atoms with Crippen LogP contribution in [0.4, 0.5) is 8.78 Å². The zero-order valence-electron chi connectivity index (χ0n) is 17.5. The summed E-state index contributed by atoms with van der Waals surface area (Å²) >= 11 is 0. The van der Waals surface area contributed by atoms with E-state index >= 15 is 0 Å². The van der Waals surface area contributed by atoms with Crippen molar-refractivity contribution in [3.63, 3.8) is 0 Å². The number of aromatic hydroxyl groups is 2. The van der Waals surface area contributed by atoms with Gasteiger partial charge in [-0.3, -0.25) is 4.79 Å². The lowest BCUT2D eigenvalue weighted by atomic mass is 9.85. The highest BCUT2D eigenvalue weighted by atomic mass is 19.1. The van der Waals surface area contributed by atoms with Crippen LogP contribution < -0.4 is 5.43 Å². The summed E-state index contributed by atoms with van der Waals surface area (Å²) in [5, 5.41) is 42.0. The van der Waals surface area contributed by atoms with Gasteiger partial charge in [-0.15, -0.1) is 0 Å². The third kappa shape index (κ3) is 3.72. The van der Waals surface area contributed by atoms with Crippen molar-refractivity contribution >= 4 is 11.0 Å². The van der Waals surface area contributed by atoms with Crippen molar-refractivity contribution in [1.29, 1.82) is 0 Å². The van der Waals surface area contributed by atoms with Crippen molar-refractivity contribution in [3.8, 4) is 11.5 Å². The number of fused-ring (bicyclic) bond motifs is 1. The van der Waals surface area contributed by atoms with Gasteiger partial charge in [-0.25, -0.2) is 8.78 Å². The van der Waals surface area contributed by atoms with E-state index in [0.717, 1.165) is 18.2 Å². The Morgan fingerprint density at radius 3 is 2.41 bits per heavy atom. The molecule has 1 aromatic heterocycles. The summed E-state index contributed by atoms with van der Waals surface area (Å²) < 4.78 is 33.1. The minimum absolute atomic E-state index is 0.0478. The first-order chi connectivity index (χ1) is 15.1. The van der Waals surface area contributed by atoms with Crippen molar-refractivity contribution in [2.75, 3.05) is 20.1 Å². The molecule has 2 aromatic carbocycles. The molecule has 0 radical (unpaired) electrons. The fourth-order valence-corrected chi connectivity index (χ4v) is 4.48. The van der Waals surface area contributed by atoms with Crippen molar-refractivity contribution < 1.29 is 33.6 Å². The molecule has 3 unspecified atom stereocenters. The molecule has 2 heterocycles. The largest absolute Gasteiger partial charge is 0.507 e. The van der Waals surface area contributed by atoms with E-state index in [-0.39, 0.29) is 39.2 Å². The molecule has 3 aromatic rings. The molecule has 170 valence electrons. The number of benzene rings is 2. The Bertz CT molecular complexity index is 1240. The van der Waals surface area contributed by atoms with Crippen molar-refractivity contribution in [2.45, 2.75) is 31.5 Å². The van der Waals surface area contributed by atoms with Gasteiger partial charge in [-0.2, -0.15) is 0 Å². The average molecular weight is 447 g/mol. The maximum absolute atomic E-state index is 13.6. The lowest BCUT2D eigenvalue weighted by Crippen LogP contribution is -2.40. The predicted molar refractivity (Wildman–Crippen MR) is 112 cm³/mol. The molecular weight excluding hydrogens is 424 g/mol. The van der Waals surface area contributed by atoms with E-state index in [1.807, 2.05) is 11.9 Å². The van der Waals surface area contributed by atoms with Gasteiger partial charge in [0.05, 0.1) is 11.7 Å². The van der Waals surface area contributed by atoms with Gasteiger partial charge in [0.15, 0.2) is 0 Å². The Morgan fingerprint density at radius 2 is 1.78 bits per heavy atom. The number of aliphatic hydroxyl groups excluding tert-OH is 2. The number of aryl methyl sites for hydroxylation is 1. The molecule has 3 atom stereocenters. The highest BCUT2D eigenvalue weighted by Crippen LogP contribution is 2.42. The van der Waals surface area contributed by atoms with Gasteiger partial charge in [-0.05, 0) is 44.6 Å². The molecule has 4 N–H and O–H groups in total. The molecule has 0 spiro atoms. The second-order valence-corrected chi connectivity index (χ2v) is 8.26. The number of phenolic OH excluding ortho intramolecular Hbond substituents is 2. The van der Waals surface area contributed by atoms with Crippen LogP contribution >= 0.6 is 0 Å². The second-order valence-electron chi connectivity index (χ2n) is 8.26. The molecule has 0 aliphatic carbocycles. The van der Waals surface area contributed by atoms with Crippen LogP contribution in [0.25, 0.3) is 11.0 Å². The van der Waals surface area contributed by atoms with Crippen LogP contribution in [0.5, 0.6) is 11.5 Å². The van der Waals surface area contributed by atoms with Crippen molar-refractivity contribution in [3.05, 3.63) is 68.6 Å². The minimum Gasteiger partial charge on any atom is -0.507 e. The number of hydrogen-bond donors (Lipinski definition) is 4. The lowest BCUT2D eigenvalue weighted by molar-refractivity contribution is 0.0630. The quantitative estimate of drug-likeness (QED) is 0.488. The van der Waals surface area contributed by atoms with E-state index in [1.165, 1.54) is 6.92 Å². The fourth-order valence-electron chi connectivity index (χ4n) is 4.48. The summed E-state index contributed by atoms with van der Waals surface area (Å²) in [7, 11) is 1.85. The molecule has 9 heteroatoms. The smallest absolute Gasteiger partial charge is 0.202 e. The number of aliphatic hydroxyl groups is 2. The Labute approximate surface area is 181 Å². The Balaban J connectivity index is 1.94. The molecule has 1 aliphatic rings. The zero-order valence-corrected chi connectivity index (χ0v) is 17.5. The van der Waals surface area contributed by atoms with E-state index in [2.05, 4.69) is 0 Å². The summed E-state index contributed by atoms with van der Waals surface area (Å²) in [5.74, 6) is -3.34. The van der Waals surface area contributed by atoms with E-state index in [4.69, 9.17) is 4.42 Å². The van der Waals surface area contributed by atoms with E-state index in [0.29, 0.717) is 25.6 Å². The third-order valence-electron chi connectivity index (χ3n) is 6.01. The second kappa shape index (κ2) is 8.16. The van der Waals surface area contributed by atoms with E-state index < -0.39 is 40.9 Å². The van der Waals surface area contributed by atoms with Gasteiger partial charge >= 0.3 is 0 Å². The SMILES string of the molecule is Cc1oc2c(C3CCN(C)CC3O)c(O)cc(O)c2c(=O)c1C(O)c1cc(F)cc(F)c1. The monoisotopic (exact) mass is 447 g/mol. The molecule has 32 heavy (non-hydrogen) atoms. The molecule has 4 rings (SSSR count). The number of phenols is 2. The van der Waals surface area contributed by atoms with Crippen LogP contribution in [0.15, 0.2) is 33.5 Å².